The van der Waals surface area contributed by atoms with Crippen molar-refractivity contribution >= 4 is 40.0 Å². The second-order valence-corrected chi connectivity index (χ2v) is 6.83. The van der Waals surface area contributed by atoms with Crippen LogP contribution in [0.5, 0.6) is 5.75 Å². The van der Waals surface area contributed by atoms with Gasteiger partial charge in [-0.25, -0.2) is 0 Å². The first kappa shape index (κ1) is 20.9. The number of aliphatic hydroxyl groups is 1. The van der Waals surface area contributed by atoms with E-state index in [1.54, 1.807) is 67.4 Å². The van der Waals surface area contributed by atoms with Gasteiger partial charge in [-0.3, -0.25) is 10.1 Å². The molecule has 0 aliphatic rings. The molecule has 1 heterocycles. The molecule has 30 heavy (non-hydrogen) atoms. The summed E-state index contributed by atoms with van der Waals surface area (Å²) >= 11 is 5.58. The van der Waals surface area contributed by atoms with Crippen molar-refractivity contribution in [1.29, 1.82) is 0 Å². The number of methoxy groups -OCH3 is 1. The molecule has 0 aliphatic heterocycles. The summed E-state index contributed by atoms with van der Waals surface area (Å²) in [7, 11) is 1.57. The van der Waals surface area contributed by atoms with Gasteiger partial charge >= 0.3 is 0 Å². The fraction of sp³-hybridized carbons (Fsp3) is 0.0909. The Kier molecular flexibility index (Phi) is 6.38. The largest absolute Gasteiger partial charge is 0.502 e. The number of rotatable bonds is 6. The molecule has 0 spiro atoms. The highest BCUT2D eigenvalue weighted by Crippen LogP contribution is 2.26. The third-order valence-electron chi connectivity index (χ3n) is 4.42. The van der Waals surface area contributed by atoms with Gasteiger partial charge in [-0.2, -0.15) is 4.57 Å². The molecule has 1 aromatic heterocycles. The summed E-state index contributed by atoms with van der Waals surface area (Å²) in [6, 6.07) is 17.2. The Morgan fingerprint density at radius 3 is 2.53 bits per heavy atom. The number of aryl methyl sites for hydroxylation is 1. The van der Waals surface area contributed by atoms with Crippen molar-refractivity contribution in [1.82, 2.24) is 0 Å². The number of hydrogen-bond acceptors (Lipinski definition) is 5. The number of pyridine rings is 1. The molecule has 8 heteroatoms. The highest BCUT2D eigenvalue weighted by Gasteiger charge is 2.25. The maximum Gasteiger partial charge on any atom is 0.288 e. The number of thiocarbonyl (C=S) groups is 1. The number of ether oxygens (including phenoxy) is 1. The van der Waals surface area contributed by atoms with Gasteiger partial charge in [-0.1, -0.05) is 36.5 Å². The topological polar surface area (TPSA) is 88.5 Å². The molecule has 0 aliphatic carbocycles. The van der Waals surface area contributed by atoms with E-state index < -0.39 is 4.92 Å². The molecule has 152 valence electrons. The zero-order chi connectivity index (χ0) is 21.7. The van der Waals surface area contributed by atoms with Crippen LogP contribution < -0.4 is 14.6 Å². The van der Waals surface area contributed by atoms with Crippen LogP contribution in [0.3, 0.4) is 0 Å². The molecule has 0 amide bonds. The van der Waals surface area contributed by atoms with Gasteiger partial charge in [0.15, 0.2) is 23.1 Å². The van der Waals surface area contributed by atoms with Crippen molar-refractivity contribution in [2.24, 2.45) is 0 Å². The van der Waals surface area contributed by atoms with Gasteiger partial charge in [0, 0.05) is 41.1 Å². The van der Waals surface area contributed by atoms with Crippen LogP contribution in [-0.2, 0) is 0 Å². The molecule has 0 atom stereocenters. The zero-order valence-electron chi connectivity index (χ0n) is 16.4. The van der Waals surface area contributed by atoms with E-state index in [1.807, 2.05) is 18.2 Å². The van der Waals surface area contributed by atoms with E-state index in [0.29, 0.717) is 17.0 Å². The monoisotopic (exact) mass is 422 g/mol. The summed E-state index contributed by atoms with van der Waals surface area (Å²) in [4.78, 5) is 11.1. The number of nitro groups is 1. The first-order valence-electron chi connectivity index (χ1n) is 9.01. The number of nitrogens with zero attached hydrogens (tertiary/aromatic N) is 2. The van der Waals surface area contributed by atoms with Crippen molar-refractivity contribution in [3.05, 3.63) is 94.3 Å². The van der Waals surface area contributed by atoms with E-state index >= 15 is 0 Å². The van der Waals surface area contributed by atoms with Crippen LogP contribution in [0.15, 0.2) is 73.1 Å². The number of anilines is 1. The Hall–Kier alpha value is -3.78. The van der Waals surface area contributed by atoms with E-state index in [1.165, 1.54) is 6.07 Å². The maximum absolute atomic E-state index is 11.3. The Morgan fingerprint density at radius 1 is 1.13 bits per heavy atom. The van der Waals surface area contributed by atoms with Gasteiger partial charge in [0.1, 0.15) is 5.75 Å². The maximum atomic E-state index is 11.3. The predicted octanol–water partition coefficient (Wildman–Crippen LogP) is 4.52. The van der Waals surface area contributed by atoms with Crippen LogP contribution in [0.4, 0.5) is 11.4 Å². The van der Waals surface area contributed by atoms with Crippen LogP contribution in [0.25, 0.3) is 11.5 Å². The molecular weight excluding hydrogens is 402 g/mol. The zero-order valence-corrected chi connectivity index (χ0v) is 17.2. The molecule has 0 saturated carbocycles. The number of benzene rings is 2. The minimum atomic E-state index is -0.478. The Labute approximate surface area is 179 Å². The average Bonchev–Trinajstić information content (AvgIpc) is 2.74. The number of nitrogens with one attached hydrogen (secondary N) is 1. The lowest BCUT2D eigenvalue weighted by Crippen LogP contribution is -2.38. The van der Waals surface area contributed by atoms with E-state index in [-0.39, 0.29) is 27.7 Å². The van der Waals surface area contributed by atoms with Crippen molar-refractivity contribution in [2.75, 3.05) is 12.4 Å². The molecule has 0 unspecified atom stereocenters. The molecule has 0 bridgehead atoms. The Morgan fingerprint density at radius 2 is 1.87 bits per heavy atom. The summed E-state index contributed by atoms with van der Waals surface area (Å²) in [5.41, 5.74) is 1.67. The van der Waals surface area contributed by atoms with Crippen LogP contribution in [0.1, 0.15) is 11.1 Å². The lowest BCUT2D eigenvalue weighted by molar-refractivity contribution is -0.575. The smallest absolute Gasteiger partial charge is 0.288 e. The Balaban J connectivity index is 2.09. The normalized spacial score (nSPS) is 11.4. The minimum Gasteiger partial charge on any atom is -0.502 e. The molecule has 0 saturated heterocycles. The highest BCUT2D eigenvalue weighted by molar-refractivity contribution is 7.81. The number of aromatic nitrogens is 1. The summed E-state index contributed by atoms with van der Waals surface area (Å²) in [5.74, 6) is 0.466. The minimum absolute atomic E-state index is 0.0804. The fourth-order valence-electron chi connectivity index (χ4n) is 2.88. The highest BCUT2D eigenvalue weighted by atomic mass is 32.1. The predicted molar refractivity (Wildman–Crippen MR) is 119 cm³/mol. The first-order valence-corrected chi connectivity index (χ1v) is 9.42. The summed E-state index contributed by atoms with van der Waals surface area (Å²) in [6.07, 6.45) is 3.46. The fourth-order valence-corrected chi connectivity index (χ4v) is 3.20. The molecular formula is C22H20N3O4S+. The van der Waals surface area contributed by atoms with Gasteiger partial charge in [-0.05, 0) is 19.1 Å². The van der Waals surface area contributed by atoms with Gasteiger partial charge in [0.25, 0.3) is 11.4 Å². The lowest BCUT2D eigenvalue weighted by Gasteiger charge is -2.11. The number of nitro benzene ring substituents is 1. The molecule has 3 rings (SSSR count). The van der Waals surface area contributed by atoms with Crippen molar-refractivity contribution in [2.45, 2.75) is 6.92 Å². The second-order valence-electron chi connectivity index (χ2n) is 6.42. The summed E-state index contributed by atoms with van der Waals surface area (Å²) < 4.78 is 6.88. The quantitative estimate of drug-likeness (QED) is 0.152. The lowest BCUT2D eigenvalue weighted by atomic mass is 10.1. The SMILES string of the molecule is COc1cccc(NC(=S)/C(=C(/O)c2ccc(C)c([N+](=O)[O-])c2)[n+]2ccccc2)c1. The summed E-state index contributed by atoms with van der Waals surface area (Å²) in [6.45, 7) is 1.64. The van der Waals surface area contributed by atoms with E-state index in [0.717, 1.165) is 0 Å². The summed E-state index contributed by atoms with van der Waals surface area (Å²) in [5, 5.41) is 25.5. The van der Waals surface area contributed by atoms with Crippen LogP contribution in [0.2, 0.25) is 0 Å². The van der Waals surface area contributed by atoms with Crippen LogP contribution in [-0.4, -0.2) is 22.1 Å². The molecule has 7 nitrogen and oxygen atoms in total. The van der Waals surface area contributed by atoms with E-state index in [2.05, 4.69) is 5.32 Å². The molecule has 3 aromatic rings. The molecule has 0 radical (unpaired) electrons. The van der Waals surface area contributed by atoms with Gasteiger partial charge in [0.05, 0.1) is 12.0 Å². The van der Waals surface area contributed by atoms with E-state index in [9.17, 15) is 15.2 Å². The number of aliphatic hydroxyl groups excluding tert-OH is 1. The second kappa shape index (κ2) is 9.15. The van der Waals surface area contributed by atoms with Crippen LogP contribution in [0, 0.1) is 17.0 Å². The van der Waals surface area contributed by atoms with Crippen molar-refractivity contribution in [3.8, 4) is 5.75 Å². The first-order chi connectivity index (χ1) is 14.4. The van der Waals surface area contributed by atoms with Crippen molar-refractivity contribution in [3.63, 3.8) is 0 Å². The third-order valence-corrected chi connectivity index (χ3v) is 4.72. The molecule has 2 aromatic carbocycles. The molecule has 0 fully saturated rings. The van der Waals surface area contributed by atoms with Crippen LogP contribution >= 0.6 is 12.2 Å². The number of hydrogen-bond donors (Lipinski definition) is 2. The standard InChI is InChI=1S/C22H19N3O4S/c1-15-9-10-16(13-19(15)25(27)28)21(26)20(24-11-4-3-5-12-24)22(30)23-17-7-6-8-18(14-17)29-2/h3-14H,1-2H3,(H-,23,26,30)/p+1. The van der Waals surface area contributed by atoms with Gasteiger partial charge in [0.2, 0.25) is 0 Å². The van der Waals surface area contributed by atoms with Crippen molar-refractivity contribution < 1.29 is 19.3 Å². The van der Waals surface area contributed by atoms with Gasteiger partial charge < -0.3 is 15.2 Å². The Bertz CT molecular complexity index is 1130. The third kappa shape index (κ3) is 4.61. The average molecular weight is 422 g/mol. The van der Waals surface area contributed by atoms with Gasteiger partial charge in [-0.15, -0.1) is 0 Å². The molecule has 2 N–H and O–H groups in total. The van der Waals surface area contributed by atoms with E-state index in [4.69, 9.17) is 17.0 Å².